The van der Waals surface area contributed by atoms with E-state index in [1.165, 1.54) is 0 Å². The Kier molecular flexibility index (Phi) is 7.68. The van der Waals surface area contributed by atoms with Gasteiger partial charge in [-0.1, -0.05) is 23.7 Å². The zero-order chi connectivity index (χ0) is 20.8. The maximum absolute atomic E-state index is 14.0. The fraction of sp³-hybridized carbons (Fsp3) is 0.316. The fourth-order valence-electron chi connectivity index (χ4n) is 2.55. The van der Waals surface area contributed by atoms with Crippen molar-refractivity contribution in [1.29, 1.82) is 0 Å². The second-order valence-corrected chi connectivity index (χ2v) is 6.78. The van der Waals surface area contributed by atoms with Gasteiger partial charge in [-0.2, -0.15) is 0 Å². The highest BCUT2D eigenvalue weighted by atomic mass is 35.5. The molecule has 28 heavy (non-hydrogen) atoms. The number of carboxylic acids is 1. The Labute approximate surface area is 165 Å². The van der Waals surface area contributed by atoms with Gasteiger partial charge in [0.25, 0.3) is 0 Å². The third-order valence-corrected chi connectivity index (χ3v) is 4.31. The predicted molar refractivity (Wildman–Crippen MR) is 100 cm³/mol. The van der Waals surface area contributed by atoms with E-state index in [0.29, 0.717) is 10.6 Å². The molecule has 0 radical (unpaired) electrons. The number of carboxylic acid groups (broad SMARTS) is 1. The van der Waals surface area contributed by atoms with Crippen molar-refractivity contribution in [2.24, 2.45) is 0 Å². The summed E-state index contributed by atoms with van der Waals surface area (Å²) in [6.07, 6.45) is -1.77. The van der Waals surface area contributed by atoms with Crippen LogP contribution in [0.1, 0.15) is 24.2 Å². The summed E-state index contributed by atoms with van der Waals surface area (Å²) in [5.74, 6) is -5.47. The van der Waals surface area contributed by atoms with Gasteiger partial charge in [0.2, 0.25) is 0 Å². The molecule has 2 atom stereocenters. The Morgan fingerprint density at radius 2 is 1.89 bits per heavy atom. The van der Waals surface area contributed by atoms with Crippen molar-refractivity contribution in [3.63, 3.8) is 0 Å². The molecule has 2 aromatic carbocycles. The number of aliphatic carboxylic acids is 1. The van der Waals surface area contributed by atoms with E-state index in [2.05, 4.69) is 10.6 Å². The van der Waals surface area contributed by atoms with Crippen molar-refractivity contribution < 1.29 is 28.2 Å². The topological polar surface area (TPSA) is 81.6 Å². The van der Waals surface area contributed by atoms with Crippen LogP contribution < -0.4 is 10.6 Å². The summed E-state index contributed by atoms with van der Waals surface area (Å²) in [5, 5.41) is 24.9. The van der Waals surface area contributed by atoms with Crippen LogP contribution in [0.3, 0.4) is 0 Å². The average molecular weight is 417 g/mol. The van der Waals surface area contributed by atoms with Crippen LogP contribution in [-0.4, -0.2) is 35.3 Å². The molecule has 0 bridgehead atoms. The Balaban J connectivity index is 1.93. The largest absolute Gasteiger partial charge is 0.481 e. The fourth-order valence-corrected chi connectivity index (χ4v) is 2.75. The van der Waals surface area contributed by atoms with E-state index >= 15 is 0 Å². The highest BCUT2D eigenvalue weighted by Gasteiger charge is 2.21. The van der Waals surface area contributed by atoms with Gasteiger partial charge in [0.05, 0.1) is 18.2 Å². The Hall–Kier alpha value is -2.29. The summed E-state index contributed by atoms with van der Waals surface area (Å²) in [5.41, 5.74) is -0.607. The van der Waals surface area contributed by atoms with E-state index in [4.69, 9.17) is 16.7 Å². The summed E-state index contributed by atoms with van der Waals surface area (Å²) in [4.78, 5) is 10.6. The van der Waals surface area contributed by atoms with Crippen LogP contribution in [0.15, 0.2) is 30.3 Å². The van der Waals surface area contributed by atoms with Gasteiger partial charge in [-0.25, -0.2) is 13.2 Å². The first kappa shape index (κ1) is 22.0. The highest BCUT2D eigenvalue weighted by molar-refractivity contribution is 6.30. The lowest BCUT2D eigenvalue weighted by molar-refractivity contribution is -0.136. The second-order valence-electron chi connectivity index (χ2n) is 6.34. The summed E-state index contributed by atoms with van der Waals surface area (Å²) in [6, 6.07) is 7.21. The molecule has 0 amide bonds. The molecule has 0 aromatic heterocycles. The first-order valence-electron chi connectivity index (χ1n) is 8.48. The van der Waals surface area contributed by atoms with Crippen LogP contribution in [0.4, 0.5) is 18.9 Å². The van der Waals surface area contributed by atoms with Crippen molar-refractivity contribution in [3.05, 3.63) is 63.9 Å². The molecule has 0 aliphatic heterocycles. The second kappa shape index (κ2) is 9.77. The van der Waals surface area contributed by atoms with Crippen LogP contribution in [0.25, 0.3) is 0 Å². The Morgan fingerprint density at radius 1 is 1.18 bits per heavy atom. The number of hydrogen-bond donors (Lipinski definition) is 4. The number of halogens is 4. The van der Waals surface area contributed by atoms with Crippen molar-refractivity contribution in [3.8, 4) is 0 Å². The maximum Gasteiger partial charge on any atom is 0.308 e. The highest BCUT2D eigenvalue weighted by Crippen LogP contribution is 2.24. The molecule has 152 valence electrons. The minimum atomic E-state index is -1.53. The van der Waals surface area contributed by atoms with Crippen molar-refractivity contribution >= 4 is 23.3 Å². The van der Waals surface area contributed by atoms with Gasteiger partial charge in [0, 0.05) is 35.8 Å². The molecule has 0 spiro atoms. The first-order chi connectivity index (χ1) is 13.2. The molecule has 2 aromatic rings. The third-order valence-electron chi connectivity index (χ3n) is 4.07. The van der Waals surface area contributed by atoms with Gasteiger partial charge in [0.15, 0.2) is 11.6 Å². The predicted octanol–water partition coefficient (Wildman–Crippen LogP) is 3.51. The summed E-state index contributed by atoms with van der Waals surface area (Å²) in [6.45, 7) is 2.03. The van der Waals surface area contributed by atoms with E-state index in [0.717, 1.165) is 6.07 Å². The molecule has 0 aliphatic rings. The number of carbonyl (C=O) groups is 1. The number of aliphatic hydroxyl groups excluding tert-OH is 1. The SMILES string of the molecule is C[C@H](CNc1cc(F)c(CC(=O)O)c(F)c1F)NC[C@H](O)c1cccc(Cl)c1. The lowest BCUT2D eigenvalue weighted by Crippen LogP contribution is -2.35. The molecule has 4 N–H and O–H groups in total. The van der Waals surface area contributed by atoms with Gasteiger partial charge in [-0.15, -0.1) is 0 Å². The monoisotopic (exact) mass is 416 g/mol. The van der Waals surface area contributed by atoms with E-state index in [-0.39, 0.29) is 19.1 Å². The van der Waals surface area contributed by atoms with Crippen LogP contribution in [0.5, 0.6) is 0 Å². The van der Waals surface area contributed by atoms with E-state index in [9.17, 15) is 23.1 Å². The van der Waals surface area contributed by atoms with Gasteiger partial charge in [-0.05, 0) is 24.6 Å². The minimum absolute atomic E-state index is 0.107. The average Bonchev–Trinajstić information content (AvgIpc) is 2.64. The summed E-state index contributed by atoms with van der Waals surface area (Å²) >= 11 is 5.88. The molecule has 2 rings (SSSR count). The lowest BCUT2D eigenvalue weighted by atomic mass is 10.1. The molecule has 5 nitrogen and oxygen atoms in total. The lowest BCUT2D eigenvalue weighted by Gasteiger charge is -2.19. The number of aliphatic hydroxyl groups is 1. The zero-order valence-electron chi connectivity index (χ0n) is 15.0. The van der Waals surface area contributed by atoms with Crippen molar-refractivity contribution in [2.75, 3.05) is 18.4 Å². The molecule has 0 heterocycles. The normalized spacial score (nSPS) is 13.2. The number of benzene rings is 2. The van der Waals surface area contributed by atoms with E-state index in [1.807, 2.05) is 0 Å². The van der Waals surface area contributed by atoms with Crippen molar-refractivity contribution in [2.45, 2.75) is 25.5 Å². The molecular weight excluding hydrogens is 397 g/mol. The molecule has 0 saturated heterocycles. The number of nitrogens with one attached hydrogen (secondary N) is 2. The Bertz CT molecular complexity index is 851. The third kappa shape index (κ3) is 5.85. The van der Waals surface area contributed by atoms with Gasteiger partial charge < -0.3 is 20.8 Å². The van der Waals surface area contributed by atoms with E-state index < -0.39 is 47.2 Å². The van der Waals surface area contributed by atoms with Gasteiger partial charge in [-0.3, -0.25) is 4.79 Å². The zero-order valence-corrected chi connectivity index (χ0v) is 15.7. The van der Waals surface area contributed by atoms with Crippen LogP contribution in [-0.2, 0) is 11.2 Å². The van der Waals surface area contributed by atoms with Gasteiger partial charge >= 0.3 is 5.97 Å². The van der Waals surface area contributed by atoms with E-state index in [1.54, 1.807) is 31.2 Å². The summed E-state index contributed by atoms with van der Waals surface area (Å²) < 4.78 is 41.8. The molecule has 0 fully saturated rings. The first-order valence-corrected chi connectivity index (χ1v) is 8.85. The van der Waals surface area contributed by atoms with Crippen LogP contribution >= 0.6 is 11.6 Å². The number of hydrogen-bond acceptors (Lipinski definition) is 4. The minimum Gasteiger partial charge on any atom is -0.481 e. The van der Waals surface area contributed by atoms with Gasteiger partial charge in [0.1, 0.15) is 5.82 Å². The molecule has 0 aliphatic carbocycles. The number of anilines is 1. The molecule has 0 saturated carbocycles. The van der Waals surface area contributed by atoms with Crippen LogP contribution in [0, 0.1) is 17.5 Å². The quantitative estimate of drug-likeness (QED) is 0.470. The smallest absolute Gasteiger partial charge is 0.308 e. The Morgan fingerprint density at radius 3 is 2.54 bits per heavy atom. The van der Waals surface area contributed by atoms with Crippen LogP contribution in [0.2, 0.25) is 5.02 Å². The molecular formula is C19H20ClF3N2O3. The molecule has 9 heteroatoms. The number of rotatable bonds is 9. The standard InChI is InChI=1S/C19H20ClF3N2O3/c1-10(24-9-16(26)11-3-2-4-12(20)5-11)8-25-15-7-14(21)13(6-17(27)28)18(22)19(15)23/h2-5,7,10,16,24-26H,6,8-9H2,1H3,(H,27,28)/t10-,16+/m1/s1. The maximum atomic E-state index is 14.0. The summed E-state index contributed by atoms with van der Waals surface area (Å²) in [7, 11) is 0. The van der Waals surface area contributed by atoms with Crippen molar-refractivity contribution in [1.82, 2.24) is 5.32 Å². The molecule has 0 unspecified atom stereocenters.